The van der Waals surface area contributed by atoms with Gasteiger partial charge in [0, 0.05) is 11.8 Å². The zero-order valence-electron chi connectivity index (χ0n) is 10.8. The highest BCUT2D eigenvalue weighted by atomic mass is 32.1. The summed E-state index contributed by atoms with van der Waals surface area (Å²) in [6.45, 7) is 2.49. The second kappa shape index (κ2) is 5.71. The summed E-state index contributed by atoms with van der Waals surface area (Å²) in [7, 11) is 1.61. The van der Waals surface area contributed by atoms with Crippen LogP contribution in [0.3, 0.4) is 0 Å². The van der Waals surface area contributed by atoms with Gasteiger partial charge in [-0.2, -0.15) is 0 Å². The molecule has 0 radical (unpaired) electrons. The van der Waals surface area contributed by atoms with Crippen LogP contribution >= 0.6 is 11.3 Å². The molecule has 6 heteroatoms. The van der Waals surface area contributed by atoms with E-state index in [1.54, 1.807) is 13.3 Å². The number of nitrogens with two attached hydrogens (primary N) is 1. The van der Waals surface area contributed by atoms with Crippen LogP contribution in [0, 0.1) is 5.41 Å². The Morgan fingerprint density at radius 2 is 2.21 bits per heavy atom. The molecule has 0 amide bonds. The van der Waals surface area contributed by atoms with Crippen molar-refractivity contribution in [2.75, 3.05) is 13.7 Å². The van der Waals surface area contributed by atoms with Crippen molar-refractivity contribution in [3.05, 3.63) is 29.3 Å². The van der Waals surface area contributed by atoms with Crippen molar-refractivity contribution >= 4 is 17.2 Å². The monoisotopic (exact) mass is 277 g/mol. The Balaban J connectivity index is 2.38. The Morgan fingerprint density at radius 1 is 1.42 bits per heavy atom. The molecule has 2 aromatic rings. The summed E-state index contributed by atoms with van der Waals surface area (Å²) in [5, 5.41) is 8.19. The minimum Gasteiger partial charge on any atom is -0.493 e. The van der Waals surface area contributed by atoms with Crippen molar-refractivity contribution < 1.29 is 9.47 Å². The normalized spacial score (nSPS) is 10.2. The van der Waals surface area contributed by atoms with Crippen LogP contribution in [-0.2, 0) is 0 Å². The molecule has 3 N–H and O–H groups in total. The molecule has 0 spiro atoms. The molecule has 1 heterocycles. The van der Waals surface area contributed by atoms with Gasteiger partial charge in [-0.3, -0.25) is 5.41 Å². The van der Waals surface area contributed by atoms with E-state index in [4.69, 9.17) is 20.6 Å². The van der Waals surface area contributed by atoms with E-state index in [1.807, 2.05) is 25.1 Å². The van der Waals surface area contributed by atoms with E-state index in [0.29, 0.717) is 23.0 Å². The highest BCUT2D eigenvalue weighted by Crippen LogP contribution is 2.34. The topological polar surface area (TPSA) is 81.2 Å². The first-order chi connectivity index (χ1) is 9.15. The van der Waals surface area contributed by atoms with Crippen molar-refractivity contribution in [2.45, 2.75) is 6.92 Å². The Morgan fingerprint density at radius 3 is 2.79 bits per heavy atom. The Labute approximate surface area is 115 Å². The Hall–Kier alpha value is -2.08. The number of aromatic nitrogens is 1. The van der Waals surface area contributed by atoms with Gasteiger partial charge in [0.05, 0.1) is 18.6 Å². The predicted octanol–water partition coefficient (Wildman–Crippen LogP) is 2.50. The maximum atomic E-state index is 7.39. The number of nitrogens with zero attached hydrogens (tertiary/aromatic N) is 1. The van der Waals surface area contributed by atoms with E-state index in [9.17, 15) is 0 Å². The number of hydrogen-bond acceptors (Lipinski definition) is 5. The third kappa shape index (κ3) is 2.85. The molecule has 1 aromatic carbocycles. The van der Waals surface area contributed by atoms with Crippen LogP contribution in [0.25, 0.3) is 10.6 Å². The number of hydrogen-bond donors (Lipinski definition) is 2. The summed E-state index contributed by atoms with van der Waals surface area (Å²) >= 11 is 1.38. The molecular weight excluding hydrogens is 262 g/mol. The highest BCUT2D eigenvalue weighted by Gasteiger charge is 2.10. The summed E-state index contributed by atoms with van der Waals surface area (Å²) in [6.07, 6.45) is 1.60. The second-order valence-corrected chi connectivity index (χ2v) is 4.77. The van der Waals surface area contributed by atoms with Gasteiger partial charge < -0.3 is 15.2 Å². The van der Waals surface area contributed by atoms with Crippen LogP contribution in [0.15, 0.2) is 24.4 Å². The van der Waals surface area contributed by atoms with E-state index in [1.165, 1.54) is 11.3 Å². The summed E-state index contributed by atoms with van der Waals surface area (Å²) in [5.74, 6) is 1.40. The first-order valence-electron chi connectivity index (χ1n) is 5.77. The van der Waals surface area contributed by atoms with E-state index >= 15 is 0 Å². The average Bonchev–Trinajstić information content (AvgIpc) is 2.89. The first-order valence-corrected chi connectivity index (χ1v) is 6.58. The molecule has 5 nitrogen and oxygen atoms in total. The largest absolute Gasteiger partial charge is 0.493 e. The van der Waals surface area contributed by atoms with Crippen LogP contribution in [0.1, 0.15) is 11.8 Å². The van der Waals surface area contributed by atoms with Crippen molar-refractivity contribution in [1.82, 2.24) is 4.98 Å². The van der Waals surface area contributed by atoms with Crippen molar-refractivity contribution in [3.8, 4) is 22.1 Å². The number of methoxy groups -OCH3 is 1. The average molecular weight is 277 g/mol. The van der Waals surface area contributed by atoms with Gasteiger partial charge in [-0.15, -0.1) is 11.3 Å². The molecule has 0 bridgehead atoms. The van der Waals surface area contributed by atoms with Gasteiger partial charge in [0.15, 0.2) is 11.5 Å². The molecule has 2 rings (SSSR count). The lowest BCUT2D eigenvalue weighted by molar-refractivity contribution is 0.311. The quantitative estimate of drug-likeness (QED) is 0.650. The third-order valence-corrected chi connectivity index (χ3v) is 3.56. The predicted molar refractivity (Wildman–Crippen MR) is 76.3 cm³/mol. The molecular formula is C13H15N3O2S. The molecule has 0 aliphatic carbocycles. The summed E-state index contributed by atoms with van der Waals surface area (Å²) in [6, 6.07) is 5.63. The summed E-state index contributed by atoms with van der Waals surface area (Å²) < 4.78 is 10.8. The van der Waals surface area contributed by atoms with Crippen molar-refractivity contribution in [1.29, 1.82) is 5.41 Å². The number of nitrogen functional groups attached to an aromatic ring is 1. The maximum absolute atomic E-state index is 7.39. The van der Waals surface area contributed by atoms with E-state index in [0.717, 1.165) is 10.6 Å². The number of rotatable bonds is 5. The van der Waals surface area contributed by atoms with Crippen LogP contribution in [0.2, 0.25) is 0 Å². The zero-order valence-corrected chi connectivity index (χ0v) is 11.6. The van der Waals surface area contributed by atoms with Gasteiger partial charge in [-0.25, -0.2) is 4.98 Å². The lowest BCUT2D eigenvalue weighted by atomic mass is 10.2. The van der Waals surface area contributed by atoms with Gasteiger partial charge in [0.25, 0.3) is 0 Å². The molecule has 0 fully saturated rings. The van der Waals surface area contributed by atoms with Crippen LogP contribution in [-0.4, -0.2) is 24.5 Å². The van der Waals surface area contributed by atoms with E-state index in [-0.39, 0.29) is 5.84 Å². The van der Waals surface area contributed by atoms with Crippen LogP contribution < -0.4 is 15.2 Å². The van der Waals surface area contributed by atoms with E-state index < -0.39 is 0 Å². The first kappa shape index (κ1) is 13.4. The Bertz CT molecular complexity index is 595. The van der Waals surface area contributed by atoms with Gasteiger partial charge in [-0.05, 0) is 25.1 Å². The molecule has 0 saturated heterocycles. The van der Waals surface area contributed by atoms with Crippen LogP contribution in [0.4, 0.5) is 0 Å². The molecule has 0 saturated carbocycles. The highest BCUT2D eigenvalue weighted by molar-refractivity contribution is 7.16. The van der Waals surface area contributed by atoms with Crippen molar-refractivity contribution in [3.63, 3.8) is 0 Å². The number of thiazole rings is 1. The van der Waals surface area contributed by atoms with Gasteiger partial charge in [0.2, 0.25) is 0 Å². The number of amidine groups is 1. The standard InChI is InChI=1S/C13H15N3O2S/c1-3-18-10-6-8(4-5-9(10)17-2)13-16-7-11(19-13)12(14)15/h4-7H,3H2,1-2H3,(H3,14,15). The number of ether oxygens (including phenoxy) is 2. The number of nitrogens with one attached hydrogen (secondary N) is 1. The lowest BCUT2D eigenvalue weighted by Gasteiger charge is -2.09. The molecule has 1 aromatic heterocycles. The lowest BCUT2D eigenvalue weighted by Crippen LogP contribution is -2.08. The zero-order chi connectivity index (χ0) is 13.8. The fourth-order valence-electron chi connectivity index (χ4n) is 1.61. The molecule has 0 unspecified atom stereocenters. The molecule has 19 heavy (non-hydrogen) atoms. The fourth-order valence-corrected chi connectivity index (χ4v) is 2.38. The summed E-state index contributed by atoms with van der Waals surface area (Å²) in [5.41, 5.74) is 6.36. The van der Waals surface area contributed by atoms with Crippen LogP contribution in [0.5, 0.6) is 11.5 Å². The minimum atomic E-state index is 0.0299. The second-order valence-electron chi connectivity index (χ2n) is 3.74. The summed E-state index contributed by atoms with van der Waals surface area (Å²) in [4.78, 5) is 4.92. The van der Waals surface area contributed by atoms with Gasteiger partial charge in [0.1, 0.15) is 10.8 Å². The minimum absolute atomic E-state index is 0.0299. The smallest absolute Gasteiger partial charge is 0.161 e. The number of benzene rings is 1. The molecule has 100 valence electrons. The van der Waals surface area contributed by atoms with Gasteiger partial charge >= 0.3 is 0 Å². The Kier molecular flexibility index (Phi) is 4.01. The fraction of sp³-hybridized carbons (Fsp3) is 0.231. The maximum Gasteiger partial charge on any atom is 0.161 e. The van der Waals surface area contributed by atoms with E-state index in [2.05, 4.69) is 4.98 Å². The van der Waals surface area contributed by atoms with Gasteiger partial charge in [-0.1, -0.05) is 0 Å². The molecule has 0 aliphatic heterocycles. The SMILES string of the molecule is CCOc1cc(-c2ncc(C(=N)N)s2)ccc1OC. The molecule has 0 aliphatic rings. The molecule has 0 atom stereocenters. The van der Waals surface area contributed by atoms with Crippen molar-refractivity contribution in [2.24, 2.45) is 5.73 Å². The third-order valence-electron chi connectivity index (χ3n) is 2.48.